The molecule has 0 radical (unpaired) electrons. The van der Waals surface area contributed by atoms with Crippen molar-refractivity contribution < 1.29 is 23.1 Å². The summed E-state index contributed by atoms with van der Waals surface area (Å²) in [6, 6.07) is 8.15. The summed E-state index contributed by atoms with van der Waals surface area (Å²) in [4.78, 5) is 11.3. The van der Waals surface area contributed by atoms with Gasteiger partial charge < -0.3 is 15.6 Å². The summed E-state index contributed by atoms with van der Waals surface area (Å²) in [6.45, 7) is -0.414. The van der Waals surface area contributed by atoms with Crippen molar-refractivity contribution in [2.24, 2.45) is 5.73 Å². The Balaban J connectivity index is 1.77. The van der Waals surface area contributed by atoms with Gasteiger partial charge in [-0.15, -0.1) is 0 Å². The molecule has 0 spiro atoms. The van der Waals surface area contributed by atoms with Gasteiger partial charge in [-0.2, -0.15) is 0 Å². The van der Waals surface area contributed by atoms with Crippen LogP contribution in [-0.2, 0) is 33.9 Å². The molecule has 0 amide bonds. The molecule has 2 aromatic rings. The van der Waals surface area contributed by atoms with Gasteiger partial charge in [-0.05, 0) is 91.5 Å². The largest absolute Gasteiger partial charge is 0.481 e. The number of aryl methyl sites for hydroxylation is 1. The molecule has 0 aromatic heterocycles. The highest BCUT2D eigenvalue weighted by Crippen LogP contribution is 2.44. The number of carboxylic acid groups (broad SMARTS) is 1. The second-order valence-corrected chi connectivity index (χ2v) is 10.8. The predicted molar refractivity (Wildman–Crippen MR) is 119 cm³/mol. The quantitative estimate of drug-likeness (QED) is 0.673. The smallest absolute Gasteiger partial charge is 0.341 e. The van der Waals surface area contributed by atoms with Gasteiger partial charge in [0, 0.05) is 10.9 Å². The van der Waals surface area contributed by atoms with Crippen molar-refractivity contribution in [2.45, 2.75) is 61.1 Å². The van der Waals surface area contributed by atoms with E-state index in [9.17, 15) is 13.2 Å². The van der Waals surface area contributed by atoms with Gasteiger partial charge in [0.05, 0.1) is 4.90 Å². The third-order valence-corrected chi connectivity index (χ3v) is 8.54. The number of fused-ring (bicyclic) bond motifs is 2. The van der Waals surface area contributed by atoms with E-state index in [0.29, 0.717) is 17.2 Å². The molecule has 0 saturated heterocycles. The molecular formula is C23H26ClNO5S. The first-order chi connectivity index (χ1) is 14.8. The Morgan fingerprint density at radius 3 is 2.52 bits per heavy atom. The lowest BCUT2D eigenvalue weighted by Crippen LogP contribution is -2.38. The number of aliphatic carboxylic acids is 1. The molecule has 0 bridgehead atoms. The van der Waals surface area contributed by atoms with Crippen LogP contribution in [-0.4, -0.2) is 31.5 Å². The SMILES string of the molecule is NC(C1CCCc2c1cc1c(c2OCC(=O)O)CCCC1)S(=O)(=O)c1ccc(Cl)cc1. The molecule has 3 N–H and O–H groups in total. The summed E-state index contributed by atoms with van der Waals surface area (Å²) < 4.78 is 32.3. The van der Waals surface area contributed by atoms with Gasteiger partial charge in [-0.25, -0.2) is 13.2 Å². The van der Waals surface area contributed by atoms with E-state index in [2.05, 4.69) is 6.07 Å². The van der Waals surface area contributed by atoms with Gasteiger partial charge in [-0.3, -0.25) is 0 Å². The highest BCUT2D eigenvalue weighted by molar-refractivity contribution is 7.92. The molecule has 166 valence electrons. The number of hydrogen-bond acceptors (Lipinski definition) is 5. The van der Waals surface area contributed by atoms with Crippen molar-refractivity contribution in [3.05, 3.63) is 57.6 Å². The molecule has 0 fully saturated rings. The molecule has 2 atom stereocenters. The lowest BCUT2D eigenvalue weighted by molar-refractivity contribution is -0.139. The molecule has 2 aliphatic carbocycles. The highest BCUT2D eigenvalue weighted by atomic mass is 35.5. The van der Waals surface area contributed by atoms with Crippen LogP contribution < -0.4 is 10.5 Å². The summed E-state index contributed by atoms with van der Waals surface area (Å²) in [7, 11) is -3.77. The van der Waals surface area contributed by atoms with E-state index < -0.39 is 27.8 Å². The fourth-order valence-corrected chi connectivity index (χ4v) is 6.50. The number of halogens is 1. The molecule has 2 aliphatic rings. The predicted octanol–water partition coefficient (Wildman–Crippen LogP) is 3.86. The van der Waals surface area contributed by atoms with E-state index in [4.69, 9.17) is 27.2 Å². The summed E-state index contributed by atoms with van der Waals surface area (Å²) in [6.07, 6.45) is 5.94. The maximum atomic E-state index is 13.3. The fourth-order valence-electron chi connectivity index (χ4n) is 4.83. The van der Waals surface area contributed by atoms with E-state index in [1.54, 1.807) is 12.1 Å². The molecule has 2 aromatic carbocycles. The Morgan fingerprint density at radius 2 is 1.81 bits per heavy atom. The zero-order chi connectivity index (χ0) is 22.2. The lowest BCUT2D eigenvalue weighted by Gasteiger charge is -2.34. The van der Waals surface area contributed by atoms with Crippen molar-refractivity contribution in [1.82, 2.24) is 0 Å². The van der Waals surface area contributed by atoms with Crippen LogP contribution in [0.1, 0.15) is 53.9 Å². The summed E-state index contributed by atoms with van der Waals surface area (Å²) in [5.74, 6) is -0.782. The Bertz CT molecular complexity index is 1100. The zero-order valence-corrected chi connectivity index (χ0v) is 18.7. The van der Waals surface area contributed by atoms with Crippen LogP contribution in [0.2, 0.25) is 5.02 Å². The third kappa shape index (κ3) is 4.31. The molecule has 0 aliphatic heterocycles. The maximum absolute atomic E-state index is 13.3. The molecule has 4 rings (SSSR count). The Labute approximate surface area is 187 Å². The monoisotopic (exact) mass is 463 g/mol. The molecule has 0 saturated carbocycles. The van der Waals surface area contributed by atoms with Crippen molar-refractivity contribution in [2.75, 3.05) is 6.61 Å². The summed E-state index contributed by atoms with van der Waals surface area (Å²) in [5.41, 5.74) is 10.4. The van der Waals surface area contributed by atoms with Crippen molar-refractivity contribution in [3.63, 3.8) is 0 Å². The number of benzene rings is 2. The molecule has 2 unspecified atom stereocenters. The number of nitrogens with two attached hydrogens (primary N) is 1. The van der Waals surface area contributed by atoms with Crippen LogP contribution >= 0.6 is 11.6 Å². The molecule has 6 nitrogen and oxygen atoms in total. The number of ether oxygens (including phenoxy) is 1. The Kier molecular flexibility index (Phi) is 6.28. The average molecular weight is 464 g/mol. The van der Waals surface area contributed by atoms with Crippen LogP contribution in [0.4, 0.5) is 0 Å². The second kappa shape index (κ2) is 8.81. The Morgan fingerprint density at radius 1 is 1.13 bits per heavy atom. The van der Waals surface area contributed by atoms with Crippen LogP contribution in [0.15, 0.2) is 35.2 Å². The first kappa shape index (κ1) is 22.1. The van der Waals surface area contributed by atoms with E-state index in [-0.39, 0.29) is 10.8 Å². The topological polar surface area (TPSA) is 107 Å². The van der Waals surface area contributed by atoms with Gasteiger partial charge >= 0.3 is 5.97 Å². The van der Waals surface area contributed by atoms with E-state index in [1.165, 1.54) is 12.1 Å². The average Bonchev–Trinajstić information content (AvgIpc) is 2.76. The van der Waals surface area contributed by atoms with Crippen molar-refractivity contribution in [1.29, 1.82) is 0 Å². The van der Waals surface area contributed by atoms with Crippen LogP contribution in [0.5, 0.6) is 5.75 Å². The first-order valence-corrected chi connectivity index (χ1v) is 12.5. The zero-order valence-electron chi connectivity index (χ0n) is 17.1. The number of hydrogen-bond donors (Lipinski definition) is 2. The summed E-state index contributed by atoms with van der Waals surface area (Å²) in [5, 5.41) is 8.49. The van der Waals surface area contributed by atoms with E-state index in [1.807, 2.05) is 0 Å². The maximum Gasteiger partial charge on any atom is 0.341 e. The minimum atomic E-state index is -3.77. The summed E-state index contributed by atoms with van der Waals surface area (Å²) >= 11 is 5.91. The van der Waals surface area contributed by atoms with E-state index in [0.717, 1.165) is 60.8 Å². The third-order valence-electron chi connectivity index (χ3n) is 6.32. The number of carbonyl (C=O) groups is 1. The normalized spacial score (nSPS) is 19.2. The van der Waals surface area contributed by atoms with Crippen LogP contribution in [0.25, 0.3) is 0 Å². The number of sulfone groups is 1. The minimum absolute atomic E-state index is 0.150. The van der Waals surface area contributed by atoms with Gasteiger partial charge in [0.25, 0.3) is 0 Å². The van der Waals surface area contributed by atoms with E-state index >= 15 is 0 Å². The number of carboxylic acids is 1. The second-order valence-electron chi connectivity index (χ2n) is 8.26. The van der Waals surface area contributed by atoms with Crippen molar-refractivity contribution in [3.8, 4) is 5.75 Å². The van der Waals surface area contributed by atoms with Crippen molar-refractivity contribution >= 4 is 27.4 Å². The Hall–Kier alpha value is -2.09. The molecule has 8 heteroatoms. The molecule has 31 heavy (non-hydrogen) atoms. The van der Waals surface area contributed by atoms with Gasteiger partial charge in [0.15, 0.2) is 16.4 Å². The van der Waals surface area contributed by atoms with Crippen LogP contribution in [0, 0.1) is 0 Å². The van der Waals surface area contributed by atoms with Crippen LogP contribution in [0.3, 0.4) is 0 Å². The minimum Gasteiger partial charge on any atom is -0.481 e. The standard InChI is InChI=1S/C23H26ClNO5S/c24-15-8-10-16(11-9-15)31(28,29)23(25)19-7-3-6-18-20(19)12-14-4-1-2-5-17(14)22(18)30-13-21(26)27/h8-12,19,23H,1-7,13,25H2,(H,26,27). The molecular weight excluding hydrogens is 438 g/mol. The number of rotatable bonds is 6. The van der Waals surface area contributed by atoms with Gasteiger partial charge in [0.2, 0.25) is 0 Å². The van der Waals surface area contributed by atoms with Gasteiger partial charge in [0.1, 0.15) is 11.1 Å². The fraction of sp³-hybridized carbons (Fsp3) is 0.435. The molecule has 0 heterocycles. The first-order valence-electron chi connectivity index (χ1n) is 10.6. The van der Waals surface area contributed by atoms with Gasteiger partial charge in [-0.1, -0.05) is 17.7 Å². The highest BCUT2D eigenvalue weighted by Gasteiger charge is 2.37. The lowest BCUT2D eigenvalue weighted by atomic mass is 9.77.